The van der Waals surface area contributed by atoms with Gasteiger partial charge in [-0.25, -0.2) is 0 Å². The lowest BCUT2D eigenvalue weighted by atomic mass is 10.2. The Morgan fingerprint density at radius 1 is 1.08 bits per heavy atom. The molecule has 1 amide bonds. The van der Waals surface area contributed by atoms with Crippen LogP contribution in [0, 0.1) is 0 Å². The maximum atomic E-state index is 12.2. The zero-order chi connectivity index (χ0) is 16.8. The summed E-state index contributed by atoms with van der Waals surface area (Å²) in [6.07, 6.45) is 6.03. The third kappa shape index (κ3) is 3.87. The zero-order valence-electron chi connectivity index (χ0n) is 13.6. The molecule has 0 bridgehead atoms. The molecule has 5 heteroatoms. The highest BCUT2D eigenvalue weighted by Crippen LogP contribution is 2.22. The summed E-state index contributed by atoms with van der Waals surface area (Å²) < 4.78 is 5.69. The number of aromatic nitrogens is 2. The molecule has 2 aromatic heterocycles. The predicted octanol–water partition coefficient (Wildman–Crippen LogP) is 2.71. The van der Waals surface area contributed by atoms with Crippen molar-refractivity contribution in [2.45, 2.75) is 6.42 Å². The molecule has 0 radical (unpaired) electrons. The molecule has 2 heterocycles. The van der Waals surface area contributed by atoms with Crippen LogP contribution in [0.5, 0.6) is 5.75 Å². The molecule has 0 saturated carbocycles. The first-order valence-electron chi connectivity index (χ1n) is 7.83. The van der Waals surface area contributed by atoms with Crippen molar-refractivity contribution >= 4 is 16.8 Å². The lowest BCUT2D eigenvalue weighted by Gasteiger charge is -2.17. The Hall–Kier alpha value is -2.95. The Morgan fingerprint density at radius 2 is 1.88 bits per heavy atom. The molecule has 0 N–H and O–H groups in total. The fraction of sp³-hybridized carbons (Fsp3) is 0.211. The zero-order valence-corrected chi connectivity index (χ0v) is 13.6. The maximum Gasteiger partial charge on any atom is 0.260 e. The molecule has 0 saturated heterocycles. The molecule has 3 rings (SSSR count). The van der Waals surface area contributed by atoms with E-state index in [-0.39, 0.29) is 12.5 Å². The van der Waals surface area contributed by atoms with Crippen molar-refractivity contribution < 1.29 is 9.53 Å². The van der Waals surface area contributed by atoms with Gasteiger partial charge < -0.3 is 9.64 Å². The summed E-state index contributed by atoms with van der Waals surface area (Å²) in [7, 11) is 1.79. The molecule has 5 nitrogen and oxygen atoms in total. The molecule has 0 atom stereocenters. The number of fused-ring (bicyclic) bond motifs is 1. The Balaban J connectivity index is 1.56. The Bertz CT molecular complexity index is 816. The van der Waals surface area contributed by atoms with Crippen molar-refractivity contribution in [2.24, 2.45) is 0 Å². The van der Waals surface area contributed by atoms with Crippen LogP contribution in [-0.2, 0) is 11.2 Å². The summed E-state index contributed by atoms with van der Waals surface area (Å²) in [5.74, 6) is 0.570. The monoisotopic (exact) mass is 321 g/mol. The van der Waals surface area contributed by atoms with Gasteiger partial charge in [0.05, 0.1) is 0 Å². The molecule has 0 aliphatic carbocycles. The van der Waals surface area contributed by atoms with E-state index < -0.39 is 0 Å². The fourth-order valence-corrected chi connectivity index (χ4v) is 2.41. The van der Waals surface area contributed by atoms with Gasteiger partial charge in [0.15, 0.2) is 6.61 Å². The van der Waals surface area contributed by atoms with Crippen LogP contribution < -0.4 is 4.74 Å². The average Bonchev–Trinajstić information content (AvgIpc) is 2.65. The number of hydrogen-bond acceptors (Lipinski definition) is 4. The van der Waals surface area contributed by atoms with Crippen molar-refractivity contribution in [3.8, 4) is 5.75 Å². The van der Waals surface area contributed by atoms with Gasteiger partial charge in [-0.1, -0.05) is 18.2 Å². The van der Waals surface area contributed by atoms with Gasteiger partial charge in [0.1, 0.15) is 11.3 Å². The van der Waals surface area contributed by atoms with E-state index in [2.05, 4.69) is 9.97 Å². The molecule has 0 aliphatic heterocycles. The van der Waals surface area contributed by atoms with E-state index in [4.69, 9.17) is 4.74 Å². The highest BCUT2D eigenvalue weighted by molar-refractivity contribution is 5.85. The van der Waals surface area contributed by atoms with Gasteiger partial charge in [-0.15, -0.1) is 0 Å². The number of rotatable bonds is 6. The summed E-state index contributed by atoms with van der Waals surface area (Å²) in [6, 6.07) is 13.5. The minimum Gasteiger partial charge on any atom is -0.481 e. The number of carbonyl (C=O) groups is 1. The van der Waals surface area contributed by atoms with Crippen molar-refractivity contribution in [3.05, 3.63) is 66.6 Å². The topological polar surface area (TPSA) is 55.3 Å². The first kappa shape index (κ1) is 15.9. The van der Waals surface area contributed by atoms with Crippen LogP contribution in [0.25, 0.3) is 10.9 Å². The van der Waals surface area contributed by atoms with Crippen LogP contribution >= 0.6 is 0 Å². The molecule has 3 aromatic rings. The molecule has 24 heavy (non-hydrogen) atoms. The van der Waals surface area contributed by atoms with Gasteiger partial charge >= 0.3 is 0 Å². The van der Waals surface area contributed by atoms with Gasteiger partial charge in [-0.2, -0.15) is 0 Å². The van der Waals surface area contributed by atoms with E-state index in [1.807, 2.05) is 42.5 Å². The SMILES string of the molecule is CN(CCc1ccncc1)C(=O)COc1cccc2cccnc12. The second kappa shape index (κ2) is 7.55. The maximum absolute atomic E-state index is 12.2. The lowest BCUT2D eigenvalue weighted by Crippen LogP contribution is -2.33. The largest absolute Gasteiger partial charge is 0.481 e. The highest BCUT2D eigenvalue weighted by atomic mass is 16.5. The second-order valence-corrected chi connectivity index (χ2v) is 5.54. The molecule has 122 valence electrons. The van der Waals surface area contributed by atoms with E-state index in [0.29, 0.717) is 12.3 Å². The molecule has 1 aromatic carbocycles. The van der Waals surface area contributed by atoms with Gasteiger partial charge in [0.2, 0.25) is 0 Å². The van der Waals surface area contributed by atoms with Crippen LogP contribution in [0.1, 0.15) is 5.56 Å². The summed E-state index contributed by atoms with van der Waals surface area (Å²) in [6.45, 7) is 0.641. The molecule has 0 unspecified atom stereocenters. The van der Waals surface area contributed by atoms with Gasteiger partial charge in [0, 0.05) is 37.6 Å². The van der Waals surface area contributed by atoms with Crippen molar-refractivity contribution in [1.82, 2.24) is 14.9 Å². The quantitative estimate of drug-likeness (QED) is 0.700. The van der Waals surface area contributed by atoms with E-state index in [9.17, 15) is 4.79 Å². The van der Waals surface area contributed by atoms with E-state index in [0.717, 1.165) is 22.9 Å². The minimum atomic E-state index is -0.0583. The first-order valence-corrected chi connectivity index (χ1v) is 7.83. The van der Waals surface area contributed by atoms with Crippen molar-refractivity contribution in [1.29, 1.82) is 0 Å². The molecular weight excluding hydrogens is 302 g/mol. The number of hydrogen-bond donors (Lipinski definition) is 0. The second-order valence-electron chi connectivity index (χ2n) is 5.54. The van der Waals surface area contributed by atoms with Crippen LogP contribution in [0.2, 0.25) is 0 Å². The Kier molecular flexibility index (Phi) is 5.01. The third-order valence-corrected chi connectivity index (χ3v) is 3.86. The number of pyridine rings is 2. The van der Waals surface area contributed by atoms with Crippen molar-refractivity contribution in [2.75, 3.05) is 20.2 Å². The highest BCUT2D eigenvalue weighted by Gasteiger charge is 2.11. The molecule has 0 fully saturated rings. The third-order valence-electron chi connectivity index (χ3n) is 3.86. The number of likely N-dealkylation sites (N-methyl/N-ethyl adjacent to an activating group) is 1. The summed E-state index contributed by atoms with van der Waals surface area (Å²) in [5.41, 5.74) is 1.93. The van der Waals surface area contributed by atoms with Crippen LogP contribution in [-0.4, -0.2) is 41.0 Å². The van der Waals surface area contributed by atoms with Gasteiger partial charge in [-0.3, -0.25) is 14.8 Å². The van der Waals surface area contributed by atoms with E-state index >= 15 is 0 Å². The van der Waals surface area contributed by atoms with E-state index in [1.54, 1.807) is 30.5 Å². The standard InChI is InChI=1S/C19H19N3O2/c1-22(13-9-15-7-11-20-12-8-15)18(23)14-24-17-6-2-4-16-5-3-10-21-19(16)17/h2-8,10-12H,9,13-14H2,1H3. The summed E-state index contributed by atoms with van der Waals surface area (Å²) in [4.78, 5) is 22.2. The Labute approximate surface area is 140 Å². The van der Waals surface area contributed by atoms with Gasteiger partial charge in [-0.05, 0) is 36.2 Å². The fourth-order valence-electron chi connectivity index (χ4n) is 2.41. The van der Waals surface area contributed by atoms with E-state index in [1.165, 1.54) is 0 Å². The number of nitrogens with zero attached hydrogens (tertiary/aromatic N) is 3. The molecular formula is C19H19N3O2. The average molecular weight is 321 g/mol. The van der Waals surface area contributed by atoms with Gasteiger partial charge in [0.25, 0.3) is 5.91 Å². The number of amides is 1. The lowest BCUT2D eigenvalue weighted by molar-refractivity contribution is -0.132. The number of benzene rings is 1. The molecule has 0 spiro atoms. The van der Waals surface area contributed by atoms with Crippen molar-refractivity contribution in [3.63, 3.8) is 0 Å². The first-order chi connectivity index (χ1) is 11.7. The summed E-state index contributed by atoms with van der Waals surface area (Å²) in [5, 5.41) is 0.994. The van der Waals surface area contributed by atoms with Crippen LogP contribution in [0.3, 0.4) is 0 Å². The number of para-hydroxylation sites is 1. The number of ether oxygens (including phenoxy) is 1. The minimum absolute atomic E-state index is 0.00251. The normalized spacial score (nSPS) is 10.5. The van der Waals surface area contributed by atoms with Crippen LogP contribution in [0.4, 0.5) is 0 Å². The van der Waals surface area contributed by atoms with Crippen LogP contribution in [0.15, 0.2) is 61.1 Å². The predicted molar refractivity (Wildman–Crippen MR) is 92.8 cm³/mol. The Morgan fingerprint density at radius 3 is 2.71 bits per heavy atom. The summed E-state index contributed by atoms with van der Waals surface area (Å²) >= 11 is 0. The number of carbonyl (C=O) groups excluding carboxylic acids is 1. The molecule has 0 aliphatic rings. The smallest absolute Gasteiger partial charge is 0.260 e.